The summed E-state index contributed by atoms with van der Waals surface area (Å²) in [5, 5.41) is 9.51. The van der Waals surface area contributed by atoms with Crippen LogP contribution < -0.4 is 10.6 Å². The number of halogens is 1. The van der Waals surface area contributed by atoms with E-state index in [1.54, 1.807) is 25.1 Å². The second-order valence-electron chi connectivity index (χ2n) is 5.37. The van der Waals surface area contributed by atoms with Crippen molar-refractivity contribution in [2.45, 2.75) is 13.3 Å². The fourth-order valence-electron chi connectivity index (χ4n) is 2.17. The lowest BCUT2D eigenvalue weighted by Crippen LogP contribution is -2.26. The minimum absolute atomic E-state index is 0.233. The van der Waals surface area contributed by atoms with Crippen molar-refractivity contribution in [2.75, 3.05) is 11.9 Å². The molecule has 1 amide bonds. The molecule has 0 radical (unpaired) electrons. The van der Waals surface area contributed by atoms with Crippen LogP contribution in [0.4, 0.5) is 16.0 Å². The summed E-state index contributed by atoms with van der Waals surface area (Å²) in [4.78, 5) is 20.2. The molecule has 0 saturated carbocycles. The van der Waals surface area contributed by atoms with E-state index in [-0.39, 0.29) is 17.4 Å². The van der Waals surface area contributed by atoms with Crippen LogP contribution in [0.3, 0.4) is 0 Å². The third-order valence-corrected chi connectivity index (χ3v) is 3.40. The number of rotatable bonds is 6. The summed E-state index contributed by atoms with van der Waals surface area (Å²) in [6.07, 6.45) is 1.89. The maximum Gasteiger partial charge on any atom is 0.270 e. The van der Waals surface area contributed by atoms with Crippen LogP contribution in [0.1, 0.15) is 21.8 Å². The molecular formula is C17H16FN5O2. The van der Waals surface area contributed by atoms with Crippen LogP contribution in [-0.2, 0) is 6.42 Å². The Labute approximate surface area is 143 Å². The van der Waals surface area contributed by atoms with Gasteiger partial charge in [0.1, 0.15) is 29.4 Å². The van der Waals surface area contributed by atoms with Crippen molar-refractivity contribution in [1.29, 1.82) is 0 Å². The number of carbonyl (C=O) groups excluding carboxylic acids is 1. The fourth-order valence-corrected chi connectivity index (χ4v) is 2.17. The number of hydrogen-bond donors (Lipinski definition) is 2. The molecule has 128 valence electrons. The van der Waals surface area contributed by atoms with E-state index < -0.39 is 0 Å². The lowest BCUT2D eigenvalue weighted by molar-refractivity contribution is 0.0949. The monoisotopic (exact) mass is 341 g/mol. The average Bonchev–Trinajstić information content (AvgIpc) is 3.01. The molecule has 0 saturated heterocycles. The van der Waals surface area contributed by atoms with Gasteiger partial charge in [0, 0.05) is 18.7 Å². The van der Waals surface area contributed by atoms with Crippen LogP contribution >= 0.6 is 0 Å². The molecule has 2 aromatic heterocycles. The van der Waals surface area contributed by atoms with Crippen molar-refractivity contribution >= 4 is 17.5 Å². The number of aromatic nitrogens is 3. The predicted octanol–water partition coefficient (Wildman–Crippen LogP) is 2.63. The molecule has 7 nitrogen and oxygen atoms in total. The molecule has 2 heterocycles. The second kappa shape index (κ2) is 7.52. The first kappa shape index (κ1) is 16.6. The molecule has 0 aliphatic rings. The molecule has 0 atom stereocenters. The zero-order chi connectivity index (χ0) is 17.6. The maximum atomic E-state index is 12.9. The zero-order valence-electron chi connectivity index (χ0n) is 13.5. The Morgan fingerprint density at radius 2 is 1.96 bits per heavy atom. The molecule has 0 bridgehead atoms. The molecular weight excluding hydrogens is 325 g/mol. The Morgan fingerprint density at radius 1 is 1.16 bits per heavy atom. The third-order valence-electron chi connectivity index (χ3n) is 3.40. The molecule has 0 aliphatic heterocycles. The molecule has 2 N–H and O–H groups in total. The van der Waals surface area contributed by atoms with Gasteiger partial charge in [0.05, 0.1) is 0 Å². The summed E-state index contributed by atoms with van der Waals surface area (Å²) in [7, 11) is 0. The smallest absolute Gasteiger partial charge is 0.270 e. The van der Waals surface area contributed by atoms with Gasteiger partial charge in [-0.3, -0.25) is 4.79 Å². The third kappa shape index (κ3) is 4.60. The quantitative estimate of drug-likeness (QED) is 0.716. The van der Waals surface area contributed by atoms with Crippen molar-refractivity contribution in [3.8, 4) is 0 Å². The van der Waals surface area contributed by atoms with E-state index in [1.165, 1.54) is 24.5 Å². The van der Waals surface area contributed by atoms with Crippen molar-refractivity contribution in [3.63, 3.8) is 0 Å². The minimum Gasteiger partial charge on any atom is -0.360 e. The lowest BCUT2D eigenvalue weighted by Gasteiger charge is -2.06. The number of nitrogens with one attached hydrogen (secondary N) is 2. The number of amides is 1. The standard InChI is InChI=1S/C17H16FN5O2/c1-11-8-16(23-25-11)22-15-9-14(20-10-21-15)17(24)19-7-6-12-2-4-13(18)5-3-12/h2-5,8-10H,6-7H2,1H3,(H,19,24)(H,20,21,22,23). The summed E-state index contributed by atoms with van der Waals surface area (Å²) in [6.45, 7) is 2.19. The Kier molecular flexibility index (Phi) is 4.98. The highest BCUT2D eigenvalue weighted by atomic mass is 19.1. The van der Waals surface area contributed by atoms with Crippen LogP contribution in [0.25, 0.3) is 0 Å². The van der Waals surface area contributed by atoms with Gasteiger partial charge < -0.3 is 15.2 Å². The average molecular weight is 341 g/mol. The van der Waals surface area contributed by atoms with E-state index >= 15 is 0 Å². The molecule has 1 aromatic carbocycles. The first-order chi connectivity index (χ1) is 12.1. The van der Waals surface area contributed by atoms with Gasteiger partial charge in [-0.15, -0.1) is 0 Å². The number of carbonyl (C=O) groups is 1. The van der Waals surface area contributed by atoms with Crippen molar-refractivity contribution in [2.24, 2.45) is 0 Å². The van der Waals surface area contributed by atoms with Crippen molar-refractivity contribution in [3.05, 3.63) is 65.6 Å². The van der Waals surface area contributed by atoms with Crippen LogP contribution in [-0.4, -0.2) is 27.6 Å². The van der Waals surface area contributed by atoms with Gasteiger partial charge in [-0.2, -0.15) is 0 Å². The SMILES string of the molecule is Cc1cc(Nc2cc(C(=O)NCCc3ccc(F)cc3)ncn2)no1. The summed E-state index contributed by atoms with van der Waals surface area (Å²) in [5.74, 6) is 1.00. The largest absolute Gasteiger partial charge is 0.360 e. The first-order valence-electron chi connectivity index (χ1n) is 7.65. The summed E-state index contributed by atoms with van der Waals surface area (Å²) in [5.41, 5.74) is 1.17. The highest BCUT2D eigenvalue weighted by Crippen LogP contribution is 2.14. The fraction of sp³-hybridized carbons (Fsp3) is 0.176. The Morgan fingerprint density at radius 3 is 2.68 bits per heavy atom. The van der Waals surface area contributed by atoms with E-state index in [1.807, 2.05) is 0 Å². The van der Waals surface area contributed by atoms with Gasteiger partial charge in [-0.1, -0.05) is 17.3 Å². The Bertz CT molecular complexity index is 863. The van der Waals surface area contributed by atoms with Gasteiger partial charge in [0.2, 0.25) is 0 Å². The summed E-state index contributed by atoms with van der Waals surface area (Å²) < 4.78 is 17.8. The molecule has 0 spiro atoms. The minimum atomic E-state index is -0.316. The normalized spacial score (nSPS) is 10.5. The predicted molar refractivity (Wildman–Crippen MR) is 89.0 cm³/mol. The van der Waals surface area contributed by atoms with Gasteiger partial charge in [0.15, 0.2) is 5.82 Å². The Hall–Kier alpha value is -3.29. The molecule has 25 heavy (non-hydrogen) atoms. The van der Waals surface area contributed by atoms with Gasteiger partial charge >= 0.3 is 0 Å². The van der Waals surface area contributed by atoms with E-state index in [9.17, 15) is 9.18 Å². The molecule has 0 unspecified atom stereocenters. The number of benzene rings is 1. The molecule has 3 aromatic rings. The highest BCUT2D eigenvalue weighted by molar-refractivity contribution is 5.92. The van der Waals surface area contributed by atoms with Gasteiger partial charge in [0.25, 0.3) is 5.91 Å². The topological polar surface area (TPSA) is 92.9 Å². The van der Waals surface area contributed by atoms with E-state index in [2.05, 4.69) is 25.8 Å². The van der Waals surface area contributed by atoms with Gasteiger partial charge in [-0.25, -0.2) is 14.4 Å². The van der Waals surface area contributed by atoms with E-state index in [4.69, 9.17) is 4.52 Å². The summed E-state index contributed by atoms with van der Waals surface area (Å²) in [6, 6.07) is 9.40. The first-order valence-corrected chi connectivity index (χ1v) is 7.65. The molecule has 3 rings (SSSR count). The van der Waals surface area contributed by atoms with Crippen LogP contribution in [0, 0.1) is 12.7 Å². The van der Waals surface area contributed by atoms with Crippen molar-refractivity contribution in [1.82, 2.24) is 20.4 Å². The number of nitrogens with zero attached hydrogens (tertiary/aromatic N) is 3. The van der Waals surface area contributed by atoms with Crippen LogP contribution in [0.5, 0.6) is 0 Å². The highest BCUT2D eigenvalue weighted by Gasteiger charge is 2.09. The number of aryl methyl sites for hydroxylation is 1. The van der Waals surface area contributed by atoms with Gasteiger partial charge in [-0.05, 0) is 31.0 Å². The van der Waals surface area contributed by atoms with Crippen LogP contribution in [0.2, 0.25) is 0 Å². The Balaban J connectivity index is 1.56. The zero-order valence-corrected chi connectivity index (χ0v) is 13.5. The van der Waals surface area contributed by atoms with E-state index in [0.29, 0.717) is 30.4 Å². The maximum absolute atomic E-state index is 12.9. The number of anilines is 2. The molecule has 0 fully saturated rings. The van der Waals surface area contributed by atoms with Crippen molar-refractivity contribution < 1.29 is 13.7 Å². The molecule has 0 aliphatic carbocycles. The molecule has 8 heteroatoms. The van der Waals surface area contributed by atoms with Crippen LogP contribution in [0.15, 0.2) is 47.2 Å². The lowest BCUT2D eigenvalue weighted by atomic mass is 10.1. The summed E-state index contributed by atoms with van der Waals surface area (Å²) >= 11 is 0. The number of hydrogen-bond acceptors (Lipinski definition) is 6. The second-order valence-corrected chi connectivity index (χ2v) is 5.37. The van der Waals surface area contributed by atoms with E-state index in [0.717, 1.165) is 5.56 Å².